The highest BCUT2D eigenvalue weighted by molar-refractivity contribution is 6.04. The Hall–Kier alpha value is -1.73. The molecule has 7 atom stereocenters. The van der Waals surface area contributed by atoms with Crippen LogP contribution < -0.4 is 5.32 Å². The van der Waals surface area contributed by atoms with E-state index in [-0.39, 0.29) is 50.8 Å². The zero-order chi connectivity index (χ0) is 25.8. The predicted molar refractivity (Wildman–Crippen MR) is 138 cm³/mol. The lowest BCUT2D eigenvalue weighted by molar-refractivity contribution is -0.161. The van der Waals surface area contributed by atoms with Gasteiger partial charge in [-0.3, -0.25) is 9.59 Å². The third-order valence-electron chi connectivity index (χ3n) is 12.4. The Bertz CT molecular complexity index is 1110. The summed E-state index contributed by atoms with van der Waals surface area (Å²) in [6, 6.07) is 2.20. The summed E-state index contributed by atoms with van der Waals surface area (Å²) >= 11 is 0. The van der Waals surface area contributed by atoms with Crippen molar-refractivity contribution in [3.63, 3.8) is 0 Å². The van der Waals surface area contributed by atoms with Gasteiger partial charge >= 0.3 is 0 Å². The lowest BCUT2D eigenvalue weighted by Crippen LogP contribution is -2.68. The molecule has 0 aromatic heterocycles. The first kappa shape index (κ1) is 24.9. The predicted octanol–water partition coefficient (Wildman–Crippen LogP) is 6.18. The zero-order valence-electron chi connectivity index (χ0n) is 23.1. The highest BCUT2D eigenvalue weighted by Crippen LogP contribution is 2.73. The van der Waals surface area contributed by atoms with Crippen molar-refractivity contribution in [2.75, 3.05) is 7.05 Å². The lowest BCUT2D eigenvalue weighted by Gasteiger charge is -2.69. The minimum absolute atomic E-state index is 0.00910. The maximum Gasteiger partial charge on any atom is 0.178 e. The molecule has 0 bridgehead atoms. The largest absolute Gasteiger partial charge is 0.314 e. The fraction of sp³-hybridized carbons (Fsp3) is 0.774. The maximum atomic E-state index is 14.3. The van der Waals surface area contributed by atoms with Gasteiger partial charge < -0.3 is 5.32 Å². The third-order valence-corrected chi connectivity index (χ3v) is 12.4. The van der Waals surface area contributed by atoms with Gasteiger partial charge in [0, 0.05) is 22.3 Å². The number of Topliss-reactive ketones (excluding diaryl/α,β-unsaturated/α-hetero) is 1. The van der Waals surface area contributed by atoms with E-state index in [0.717, 1.165) is 38.5 Å². The Morgan fingerprint density at radius 2 is 1.63 bits per heavy atom. The van der Waals surface area contributed by atoms with E-state index in [2.05, 4.69) is 53.1 Å². The molecule has 0 radical (unpaired) electrons. The molecule has 0 aliphatic heterocycles. The van der Waals surface area contributed by atoms with Crippen LogP contribution in [0.4, 0.5) is 0 Å². The van der Waals surface area contributed by atoms with Crippen LogP contribution in [0.2, 0.25) is 0 Å². The number of allylic oxidation sites excluding steroid dienone is 4. The van der Waals surface area contributed by atoms with E-state index < -0.39 is 10.8 Å². The van der Waals surface area contributed by atoms with E-state index in [0.29, 0.717) is 5.92 Å². The summed E-state index contributed by atoms with van der Waals surface area (Å²) in [5.74, 6) is 0.678. The van der Waals surface area contributed by atoms with Crippen molar-refractivity contribution in [3.8, 4) is 6.07 Å². The molecule has 3 saturated carbocycles. The minimum Gasteiger partial charge on any atom is -0.314 e. The number of nitriles is 1. The standard InChI is InChI=1S/C31H44N2O2/c1-26(2)11-13-31(33-8)14-12-30(7)24(20(31)17-26)21(34)15-23-28(5)16-19(18-32)25(35)27(3,4)22(28)9-10-29(23,30)6/h15-16,20,22,24,33H,9-14,17H2,1-8H3/t20-,22-,24-,28-,29+,30+,31-/m0/s1. The van der Waals surface area contributed by atoms with Crippen LogP contribution in [0.5, 0.6) is 0 Å². The molecule has 0 unspecified atom stereocenters. The van der Waals surface area contributed by atoms with Gasteiger partial charge in [0.1, 0.15) is 6.07 Å². The molecular formula is C31H44N2O2. The topological polar surface area (TPSA) is 70.0 Å². The van der Waals surface area contributed by atoms with Crippen LogP contribution in [0.15, 0.2) is 23.3 Å². The molecule has 0 saturated heterocycles. The number of carbonyl (C=O) groups is 2. The first-order chi connectivity index (χ1) is 16.1. The molecule has 190 valence electrons. The molecule has 4 heteroatoms. The molecule has 0 heterocycles. The molecule has 0 spiro atoms. The minimum atomic E-state index is -0.612. The average molecular weight is 477 g/mol. The van der Waals surface area contributed by atoms with Gasteiger partial charge in [0.25, 0.3) is 0 Å². The summed E-state index contributed by atoms with van der Waals surface area (Å²) in [7, 11) is 2.10. The number of hydrogen-bond donors (Lipinski definition) is 1. The van der Waals surface area contributed by atoms with Crippen LogP contribution in [0, 0.1) is 56.2 Å². The summed E-state index contributed by atoms with van der Waals surface area (Å²) in [6.07, 6.45) is 11.4. The van der Waals surface area contributed by atoms with Crippen LogP contribution in [0.1, 0.15) is 93.4 Å². The molecule has 4 nitrogen and oxygen atoms in total. The van der Waals surface area contributed by atoms with Crippen LogP contribution in [0.25, 0.3) is 0 Å². The highest BCUT2D eigenvalue weighted by atomic mass is 16.1. The summed E-state index contributed by atoms with van der Waals surface area (Å²) < 4.78 is 0. The van der Waals surface area contributed by atoms with Gasteiger partial charge in [0.2, 0.25) is 0 Å². The van der Waals surface area contributed by atoms with E-state index >= 15 is 0 Å². The van der Waals surface area contributed by atoms with Gasteiger partial charge in [0.15, 0.2) is 11.6 Å². The van der Waals surface area contributed by atoms with Gasteiger partial charge in [-0.15, -0.1) is 0 Å². The van der Waals surface area contributed by atoms with Crippen molar-refractivity contribution < 1.29 is 9.59 Å². The molecule has 5 rings (SSSR count). The summed E-state index contributed by atoms with van der Waals surface area (Å²) in [5.41, 5.74) is 0.414. The molecule has 0 aromatic rings. The number of nitrogens with one attached hydrogen (secondary N) is 1. The van der Waals surface area contributed by atoms with Crippen LogP contribution >= 0.6 is 0 Å². The normalized spacial score (nSPS) is 47.8. The summed E-state index contributed by atoms with van der Waals surface area (Å²) in [6.45, 7) is 15.8. The second-order valence-corrected chi connectivity index (χ2v) is 14.7. The molecule has 35 heavy (non-hydrogen) atoms. The van der Waals surface area contributed by atoms with E-state index in [1.54, 1.807) is 0 Å². The molecular weight excluding hydrogens is 432 g/mol. The van der Waals surface area contributed by atoms with Crippen LogP contribution in [0.3, 0.4) is 0 Å². The quantitative estimate of drug-likeness (QED) is 0.491. The highest BCUT2D eigenvalue weighted by Gasteiger charge is 2.69. The third kappa shape index (κ3) is 2.94. The van der Waals surface area contributed by atoms with Crippen molar-refractivity contribution in [1.29, 1.82) is 5.26 Å². The zero-order valence-corrected chi connectivity index (χ0v) is 23.1. The lowest BCUT2D eigenvalue weighted by atomic mass is 9.35. The van der Waals surface area contributed by atoms with Gasteiger partial charge in [-0.25, -0.2) is 0 Å². The van der Waals surface area contributed by atoms with Gasteiger partial charge in [-0.1, -0.05) is 60.1 Å². The maximum absolute atomic E-state index is 14.3. The van der Waals surface area contributed by atoms with Gasteiger partial charge in [0.05, 0.1) is 5.57 Å². The van der Waals surface area contributed by atoms with E-state index in [4.69, 9.17) is 0 Å². The Morgan fingerprint density at radius 3 is 2.26 bits per heavy atom. The van der Waals surface area contributed by atoms with E-state index in [9.17, 15) is 14.9 Å². The number of hydrogen-bond acceptors (Lipinski definition) is 4. The van der Waals surface area contributed by atoms with E-state index in [1.165, 1.54) is 12.0 Å². The smallest absolute Gasteiger partial charge is 0.178 e. The van der Waals surface area contributed by atoms with Crippen molar-refractivity contribution in [2.24, 2.45) is 44.8 Å². The van der Waals surface area contributed by atoms with Crippen molar-refractivity contribution in [1.82, 2.24) is 5.32 Å². The molecule has 0 amide bonds. The van der Waals surface area contributed by atoms with Crippen LogP contribution in [-0.2, 0) is 9.59 Å². The van der Waals surface area contributed by atoms with Crippen LogP contribution in [-0.4, -0.2) is 24.2 Å². The SMILES string of the molecule is CN[C@]12CCC(C)(C)C[C@H]1[C@H]1C(=O)C=C3[C@@]4(C)C=C(C#N)C(=O)C(C)(C)[C@@H]4CC[C@@]3(C)[C@]1(C)CC2. The molecule has 1 N–H and O–H groups in total. The molecule has 3 fully saturated rings. The van der Waals surface area contributed by atoms with E-state index in [1.807, 2.05) is 26.0 Å². The van der Waals surface area contributed by atoms with Crippen molar-refractivity contribution >= 4 is 11.6 Å². The molecule has 5 aliphatic rings. The Morgan fingerprint density at radius 1 is 0.971 bits per heavy atom. The first-order valence-corrected chi connectivity index (χ1v) is 13.8. The monoisotopic (exact) mass is 476 g/mol. The van der Waals surface area contributed by atoms with Gasteiger partial charge in [-0.2, -0.15) is 5.26 Å². The Balaban J connectivity index is 1.70. The number of carbonyl (C=O) groups excluding carboxylic acids is 2. The summed E-state index contributed by atoms with van der Waals surface area (Å²) in [5, 5.41) is 13.6. The summed E-state index contributed by atoms with van der Waals surface area (Å²) in [4.78, 5) is 27.5. The Labute approximate surface area is 212 Å². The van der Waals surface area contributed by atoms with Crippen molar-refractivity contribution in [2.45, 2.75) is 99.0 Å². The van der Waals surface area contributed by atoms with Gasteiger partial charge in [-0.05, 0) is 86.2 Å². The molecule has 5 aliphatic carbocycles. The second kappa shape index (κ2) is 7.18. The number of nitrogens with zero attached hydrogens (tertiary/aromatic N) is 1. The first-order valence-electron chi connectivity index (χ1n) is 13.8. The number of rotatable bonds is 1. The fourth-order valence-corrected chi connectivity index (χ4v) is 10.1. The molecule has 0 aromatic carbocycles. The van der Waals surface area contributed by atoms with Crippen molar-refractivity contribution in [3.05, 3.63) is 23.3 Å². The average Bonchev–Trinajstić information content (AvgIpc) is 2.77. The number of ketones is 2. The second-order valence-electron chi connectivity index (χ2n) is 14.7. The Kier molecular flexibility index (Phi) is 5.12. The number of fused-ring (bicyclic) bond motifs is 7. The fourth-order valence-electron chi connectivity index (χ4n) is 10.1.